The molecule has 7 nitrogen and oxygen atoms in total. The predicted octanol–water partition coefficient (Wildman–Crippen LogP) is 1.62. The van der Waals surface area contributed by atoms with Gasteiger partial charge < -0.3 is 14.8 Å². The monoisotopic (exact) mass is 353 g/mol. The summed E-state index contributed by atoms with van der Waals surface area (Å²) in [5.41, 5.74) is 2.48. The molecule has 0 saturated heterocycles. The highest BCUT2D eigenvalue weighted by molar-refractivity contribution is 5.69. The van der Waals surface area contributed by atoms with E-state index >= 15 is 0 Å². The third-order valence-electron chi connectivity index (χ3n) is 5.44. The minimum absolute atomic E-state index is 0.151. The third kappa shape index (κ3) is 3.71. The number of carbonyl (C=O) groups is 1. The smallest absolute Gasteiger partial charge is 0.317 e. The Labute approximate surface area is 152 Å². The van der Waals surface area contributed by atoms with Crippen molar-refractivity contribution in [2.45, 2.75) is 44.3 Å². The maximum atomic E-state index is 11.1. The van der Waals surface area contributed by atoms with Gasteiger partial charge in [-0.2, -0.15) is 5.26 Å². The van der Waals surface area contributed by atoms with Crippen molar-refractivity contribution in [3.05, 3.63) is 35.8 Å². The molecule has 4 rings (SSSR count). The van der Waals surface area contributed by atoms with Gasteiger partial charge in [0, 0.05) is 31.4 Å². The molecule has 2 heterocycles. The summed E-state index contributed by atoms with van der Waals surface area (Å²) in [6, 6.07) is 6.55. The van der Waals surface area contributed by atoms with Gasteiger partial charge >= 0.3 is 5.97 Å². The molecule has 0 aromatic carbocycles. The Bertz CT molecular complexity index is 845. The van der Waals surface area contributed by atoms with E-state index in [0.29, 0.717) is 30.1 Å². The molecule has 2 fully saturated rings. The topological polar surface area (TPSA) is 93.7 Å². The lowest BCUT2D eigenvalue weighted by atomic mass is 9.85. The molecule has 2 aromatic heterocycles. The van der Waals surface area contributed by atoms with Crippen LogP contribution < -0.4 is 5.32 Å². The van der Waals surface area contributed by atoms with Gasteiger partial charge in [0.25, 0.3) is 0 Å². The first-order chi connectivity index (χ1) is 12.6. The molecule has 0 amide bonds. The Balaban J connectivity index is 1.31. The molecule has 0 atom stereocenters. The number of rotatable bonds is 8. The Kier molecular flexibility index (Phi) is 4.62. The molecule has 0 unspecified atom stereocenters. The van der Waals surface area contributed by atoms with Crippen molar-refractivity contribution >= 4 is 11.6 Å². The summed E-state index contributed by atoms with van der Waals surface area (Å²) >= 11 is 0. The van der Waals surface area contributed by atoms with E-state index in [0.717, 1.165) is 30.7 Å². The summed E-state index contributed by atoms with van der Waals surface area (Å²) in [7, 11) is 0. The first-order valence-electron chi connectivity index (χ1n) is 9.17. The Morgan fingerprint density at radius 3 is 2.92 bits per heavy atom. The molecule has 2 N–H and O–H groups in total. The number of hydrogen-bond acceptors (Lipinski definition) is 5. The van der Waals surface area contributed by atoms with Crippen LogP contribution in [0.5, 0.6) is 0 Å². The molecule has 0 bridgehead atoms. The molecular weight excluding hydrogens is 330 g/mol. The highest BCUT2D eigenvalue weighted by atomic mass is 16.4. The molecule has 2 aliphatic rings. The number of aliphatic carboxylic acids is 1. The summed E-state index contributed by atoms with van der Waals surface area (Å²) in [6.07, 6.45) is 8.10. The lowest BCUT2D eigenvalue weighted by molar-refractivity contribution is -0.139. The number of imidazole rings is 1. The molecule has 136 valence electrons. The SMILES string of the molecule is N#Cc1ccc2ncc(CNC3CC(N(CC(=O)O)CC4CC4)C3)n2c1. The summed E-state index contributed by atoms with van der Waals surface area (Å²) in [6.45, 7) is 1.76. The molecule has 0 spiro atoms. The first-order valence-corrected chi connectivity index (χ1v) is 9.17. The lowest BCUT2D eigenvalue weighted by Crippen LogP contribution is -2.54. The van der Waals surface area contributed by atoms with Crippen LogP contribution in [0, 0.1) is 17.2 Å². The van der Waals surface area contributed by atoms with Crippen molar-refractivity contribution in [1.82, 2.24) is 19.6 Å². The van der Waals surface area contributed by atoms with E-state index in [1.165, 1.54) is 12.8 Å². The number of aromatic nitrogens is 2. The van der Waals surface area contributed by atoms with Crippen LogP contribution in [0.15, 0.2) is 24.5 Å². The van der Waals surface area contributed by atoms with Crippen molar-refractivity contribution in [3.63, 3.8) is 0 Å². The van der Waals surface area contributed by atoms with E-state index < -0.39 is 5.97 Å². The minimum atomic E-state index is -0.735. The molecule has 26 heavy (non-hydrogen) atoms. The average molecular weight is 353 g/mol. The Morgan fingerprint density at radius 1 is 1.42 bits per heavy atom. The van der Waals surface area contributed by atoms with Gasteiger partial charge in [-0.15, -0.1) is 0 Å². The van der Waals surface area contributed by atoms with Crippen molar-refractivity contribution in [1.29, 1.82) is 5.26 Å². The van der Waals surface area contributed by atoms with E-state index in [1.807, 2.05) is 22.9 Å². The molecule has 0 aliphatic heterocycles. The van der Waals surface area contributed by atoms with Gasteiger partial charge in [-0.3, -0.25) is 9.69 Å². The highest BCUT2D eigenvalue weighted by Crippen LogP contribution is 2.33. The average Bonchev–Trinajstić information content (AvgIpc) is 3.30. The number of nitrogens with zero attached hydrogens (tertiary/aromatic N) is 4. The van der Waals surface area contributed by atoms with E-state index in [2.05, 4.69) is 21.3 Å². The number of nitriles is 1. The van der Waals surface area contributed by atoms with Crippen molar-refractivity contribution < 1.29 is 9.90 Å². The number of pyridine rings is 1. The zero-order valence-corrected chi connectivity index (χ0v) is 14.6. The van der Waals surface area contributed by atoms with E-state index in [-0.39, 0.29) is 6.54 Å². The zero-order chi connectivity index (χ0) is 18.1. The fourth-order valence-electron chi connectivity index (χ4n) is 3.68. The second kappa shape index (κ2) is 7.06. The zero-order valence-electron chi connectivity index (χ0n) is 14.6. The predicted molar refractivity (Wildman–Crippen MR) is 95.5 cm³/mol. The second-order valence-electron chi connectivity index (χ2n) is 7.48. The molecule has 2 aliphatic carbocycles. The van der Waals surface area contributed by atoms with Crippen LogP contribution in [0.1, 0.15) is 36.9 Å². The van der Waals surface area contributed by atoms with Crippen molar-refractivity contribution in [2.24, 2.45) is 5.92 Å². The van der Waals surface area contributed by atoms with Crippen molar-refractivity contribution in [2.75, 3.05) is 13.1 Å². The first kappa shape index (κ1) is 17.0. The summed E-state index contributed by atoms with van der Waals surface area (Å²) in [5, 5.41) is 21.7. The van der Waals surface area contributed by atoms with Crippen LogP contribution in [-0.4, -0.2) is 50.5 Å². The summed E-state index contributed by atoms with van der Waals surface area (Å²) in [5.74, 6) is -0.0325. The number of hydrogen-bond donors (Lipinski definition) is 2. The largest absolute Gasteiger partial charge is 0.480 e. The normalized spacial score (nSPS) is 22.3. The number of carboxylic acids is 1. The van der Waals surface area contributed by atoms with Gasteiger partial charge in [0.15, 0.2) is 0 Å². The molecule has 7 heteroatoms. The van der Waals surface area contributed by atoms with Gasteiger partial charge in [0.1, 0.15) is 11.7 Å². The highest BCUT2D eigenvalue weighted by Gasteiger charge is 2.36. The van der Waals surface area contributed by atoms with Gasteiger partial charge in [-0.1, -0.05) is 0 Å². The number of fused-ring (bicyclic) bond motifs is 1. The summed E-state index contributed by atoms with van der Waals surface area (Å²) < 4.78 is 1.95. The number of nitrogens with one attached hydrogen (secondary N) is 1. The molecule has 2 aromatic rings. The van der Waals surface area contributed by atoms with E-state index in [9.17, 15) is 4.79 Å². The fourth-order valence-corrected chi connectivity index (χ4v) is 3.68. The van der Waals surface area contributed by atoms with E-state index in [1.54, 1.807) is 6.07 Å². The Morgan fingerprint density at radius 2 is 2.23 bits per heavy atom. The van der Waals surface area contributed by atoms with Crippen LogP contribution in [0.2, 0.25) is 0 Å². The quantitative estimate of drug-likeness (QED) is 0.749. The minimum Gasteiger partial charge on any atom is -0.480 e. The molecule has 2 saturated carbocycles. The van der Waals surface area contributed by atoms with Gasteiger partial charge in [0.2, 0.25) is 0 Å². The second-order valence-corrected chi connectivity index (χ2v) is 7.48. The maximum Gasteiger partial charge on any atom is 0.317 e. The van der Waals surface area contributed by atoms with Gasteiger partial charge in [-0.25, -0.2) is 4.98 Å². The third-order valence-corrected chi connectivity index (χ3v) is 5.44. The van der Waals surface area contributed by atoms with Crippen LogP contribution in [0.3, 0.4) is 0 Å². The maximum absolute atomic E-state index is 11.1. The van der Waals surface area contributed by atoms with Crippen LogP contribution in [0.4, 0.5) is 0 Å². The standard InChI is InChI=1S/C19H23N5O2/c20-7-14-3-4-18-22-9-17(24(18)11-14)8-21-15-5-16(6-15)23(12-19(25)26)10-13-1-2-13/h3-4,9,11,13,15-16,21H,1-2,5-6,8,10,12H2,(H,25,26). The van der Waals surface area contributed by atoms with E-state index in [4.69, 9.17) is 10.4 Å². The van der Waals surface area contributed by atoms with Crippen LogP contribution in [0.25, 0.3) is 5.65 Å². The lowest BCUT2D eigenvalue weighted by Gasteiger charge is -2.43. The summed E-state index contributed by atoms with van der Waals surface area (Å²) in [4.78, 5) is 17.6. The molecular formula is C19H23N5O2. The van der Waals surface area contributed by atoms with Gasteiger partial charge in [0.05, 0.1) is 24.0 Å². The van der Waals surface area contributed by atoms with Gasteiger partial charge in [-0.05, 0) is 43.7 Å². The number of carboxylic acid groups (broad SMARTS) is 1. The molecule has 0 radical (unpaired) electrons. The Hall–Kier alpha value is -2.43. The van der Waals surface area contributed by atoms with Crippen LogP contribution in [-0.2, 0) is 11.3 Å². The fraction of sp³-hybridized carbons (Fsp3) is 0.526. The van der Waals surface area contributed by atoms with Crippen LogP contribution >= 0.6 is 0 Å². The van der Waals surface area contributed by atoms with Crippen molar-refractivity contribution in [3.8, 4) is 6.07 Å².